The van der Waals surface area contributed by atoms with Gasteiger partial charge in [0, 0.05) is 12.6 Å². The molecule has 1 saturated carbocycles. The Morgan fingerprint density at radius 3 is 2.55 bits per heavy atom. The monoisotopic (exact) mass is 548 g/mol. The van der Waals surface area contributed by atoms with Crippen LogP contribution in [-0.2, 0) is 30.8 Å². The highest BCUT2D eigenvalue weighted by atomic mass is 32.2. The first-order valence-corrected chi connectivity index (χ1v) is 15.0. The van der Waals surface area contributed by atoms with Crippen LogP contribution in [0.5, 0.6) is 0 Å². The number of nitrogens with one attached hydrogen (secondary N) is 2. The predicted molar refractivity (Wildman–Crippen MR) is 145 cm³/mol. The van der Waals surface area contributed by atoms with Crippen LogP contribution >= 0.6 is 0 Å². The summed E-state index contributed by atoms with van der Waals surface area (Å²) in [6.45, 7) is 1.85. The van der Waals surface area contributed by atoms with Gasteiger partial charge < -0.3 is 26.5 Å². The fraction of sp³-hybridized carbons (Fsp3) is 0.615. The van der Waals surface area contributed by atoms with Crippen LogP contribution in [0.3, 0.4) is 0 Å². The molecule has 2 fully saturated rings. The number of nitrogens with zero attached hydrogens (tertiary/aromatic N) is 2. The smallest absolute Gasteiger partial charge is 0.243 e. The van der Waals surface area contributed by atoms with Crippen LogP contribution in [0.1, 0.15) is 57.4 Å². The van der Waals surface area contributed by atoms with Gasteiger partial charge in [-0.1, -0.05) is 43.2 Å². The number of guanidine groups is 1. The first-order chi connectivity index (χ1) is 18.1. The average molecular weight is 549 g/mol. The van der Waals surface area contributed by atoms with Gasteiger partial charge in [-0.3, -0.25) is 14.6 Å². The van der Waals surface area contributed by atoms with Crippen LogP contribution in [0.25, 0.3) is 0 Å². The SMILES string of the molecule is CCS(=O)(=O)N[C@H](Cc1ccccc1)C(=O)N1[C@@H]2CCCC[C@@H]2C[C@H]1C(=O)N[C@H](C=O)CCCN=C(N)N. The molecular formula is C26H40N6O5S. The fourth-order valence-electron chi connectivity index (χ4n) is 5.49. The minimum atomic E-state index is -3.70. The van der Waals surface area contributed by atoms with Gasteiger partial charge in [0.05, 0.1) is 11.8 Å². The highest BCUT2D eigenvalue weighted by Crippen LogP contribution is 2.40. The number of aliphatic imine (C=N–C) groups is 1. The van der Waals surface area contributed by atoms with E-state index >= 15 is 0 Å². The number of rotatable bonds is 13. The van der Waals surface area contributed by atoms with Crippen molar-refractivity contribution in [3.63, 3.8) is 0 Å². The molecule has 11 nitrogen and oxygen atoms in total. The number of carbonyl (C=O) groups excluding carboxylic acids is 3. The van der Waals surface area contributed by atoms with Gasteiger partial charge >= 0.3 is 0 Å². The maximum absolute atomic E-state index is 14.1. The maximum atomic E-state index is 14.1. The van der Waals surface area contributed by atoms with Gasteiger partial charge in [0.25, 0.3) is 0 Å². The summed E-state index contributed by atoms with van der Waals surface area (Å²) in [5, 5.41) is 2.79. The number of amides is 2. The molecule has 0 radical (unpaired) electrons. The summed E-state index contributed by atoms with van der Waals surface area (Å²) in [6, 6.07) is 6.50. The molecule has 0 aromatic heterocycles. The highest BCUT2D eigenvalue weighted by Gasteiger charge is 2.49. The number of carbonyl (C=O) groups is 3. The van der Waals surface area contributed by atoms with E-state index in [4.69, 9.17) is 11.5 Å². The lowest BCUT2D eigenvalue weighted by atomic mass is 9.84. The number of hydrogen-bond acceptors (Lipinski definition) is 6. The molecule has 0 unspecified atom stereocenters. The van der Waals surface area contributed by atoms with E-state index in [2.05, 4.69) is 15.0 Å². The second kappa shape index (κ2) is 13.7. The Hall–Kier alpha value is -2.99. The minimum Gasteiger partial charge on any atom is -0.370 e. The van der Waals surface area contributed by atoms with E-state index in [1.54, 1.807) is 4.90 Å². The number of benzene rings is 1. The van der Waals surface area contributed by atoms with Gasteiger partial charge in [-0.2, -0.15) is 0 Å². The van der Waals surface area contributed by atoms with Gasteiger partial charge in [0.15, 0.2) is 5.96 Å². The standard InChI is InChI=1S/C26H40N6O5S/c1-2-38(36,37)31-21(15-18-9-4-3-5-10-18)25(35)32-22-13-7-6-11-19(22)16-23(32)24(34)30-20(17-33)12-8-14-29-26(27)28/h3-5,9-10,17,19-23,31H,2,6-8,11-16H2,1H3,(H,30,34)(H4,27,28,29)/t19-,20+,21-,22-,23+/m1/s1. The Labute approximate surface area is 224 Å². The lowest BCUT2D eigenvalue weighted by Crippen LogP contribution is -2.57. The summed E-state index contributed by atoms with van der Waals surface area (Å²) in [7, 11) is -3.70. The Morgan fingerprint density at radius 2 is 1.89 bits per heavy atom. The maximum Gasteiger partial charge on any atom is 0.243 e. The third-order valence-electron chi connectivity index (χ3n) is 7.39. The van der Waals surface area contributed by atoms with Crippen molar-refractivity contribution in [2.24, 2.45) is 22.4 Å². The van der Waals surface area contributed by atoms with E-state index < -0.39 is 40.0 Å². The number of hydrogen-bond donors (Lipinski definition) is 4. The van der Waals surface area contributed by atoms with Crippen LogP contribution in [-0.4, -0.2) is 73.8 Å². The van der Waals surface area contributed by atoms with Crippen LogP contribution in [0, 0.1) is 5.92 Å². The van der Waals surface area contributed by atoms with Crippen molar-refractivity contribution >= 4 is 34.1 Å². The number of nitrogens with two attached hydrogens (primary N) is 2. The molecule has 1 heterocycles. The minimum absolute atomic E-state index is 0.0387. The predicted octanol–water partition coefficient (Wildman–Crippen LogP) is 0.434. The molecule has 1 aromatic carbocycles. The van der Waals surface area contributed by atoms with Gasteiger partial charge in [0.1, 0.15) is 18.4 Å². The Kier molecular flexibility index (Phi) is 10.7. The molecule has 2 aliphatic rings. The van der Waals surface area contributed by atoms with Crippen molar-refractivity contribution in [3.05, 3.63) is 35.9 Å². The van der Waals surface area contributed by atoms with E-state index in [9.17, 15) is 22.8 Å². The van der Waals surface area contributed by atoms with Gasteiger partial charge in [-0.15, -0.1) is 0 Å². The number of sulfonamides is 1. The average Bonchev–Trinajstić information content (AvgIpc) is 3.29. The number of aldehydes is 1. The van der Waals surface area contributed by atoms with Crippen LogP contribution in [0.15, 0.2) is 35.3 Å². The van der Waals surface area contributed by atoms with Gasteiger partial charge in [-0.05, 0) is 56.9 Å². The lowest BCUT2D eigenvalue weighted by molar-refractivity contribution is -0.142. The van der Waals surface area contributed by atoms with Crippen molar-refractivity contribution in [2.75, 3.05) is 12.3 Å². The highest BCUT2D eigenvalue weighted by molar-refractivity contribution is 7.89. The summed E-state index contributed by atoms with van der Waals surface area (Å²) < 4.78 is 27.7. The molecule has 1 aliphatic heterocycles. The number of fused-ring (bicyclic) bond motifs is 1. The van der Waals surface area contributed by atoms with Crippen molar-refractivity contribution in [1.29, 1.82) is 0 Å². The molecule has 6 N–H and O–H groups in total. The molecule has 1 aliphatic carbocycles. The first-order valence-electron chi connectivity index (χ1n) is 13.3. The van der Waals surface area contributed by atoms with E-state index in [0.717, 1.165) is 31.2 Å². The normalized spacial score (nSPS) is 22.7. The Morgan fingerprint density at radius 1 is 1.18 bits per heavy atom. The second-order valence-corrected chi connectivity index (χ2v) is 12.1. The second-order valence-electron chi connectivity index (χ2n) is 10.1. The van der Waals surface area contributed by atoms with Gasteiger partial charge in [-0.25, -0.2) is 13.1 Å². The van der Waals surface area contributed by atoms with Crippen LogP contribution < -0.4 is 21.5 Å². The molecule has 1 aromatic rings. The summed E-state index contributed by atoms with van der Waals surface area (Å²) in [6.07, 6.45) is 5.80. The molecule has 210 valence electrons. The fourth-order valence-corrected chi connectivity index (χ4v) is 6.28. The van der Waals surface area contributed by atoms with Crippen molar-refractivity contribution < 1.29 is 22.8 Å². The quantitative estimate of drug-likeness (QED) is 0.120. The van der Waals surface area contributed by atoms with E-state index in [-0.39, 0.29) is 30.1 Å². The first kappa shape index (κ1) is 29.6. The molecule has 3 rings (SSSR count). The largest absolute Gasteiger partial charge is 0.370 e. The van der Waals surface area contributed by atoms with E-state index in [1.807, 2.05) is 30.3 Å². The third kappa shape index (κ3) is 8.00. The lowest BCUT2D eigenvalue weighted by Gasteiger charge is -2.36. The molecule has 0 spiro atoms. The molecular weight excluding hydrogens is 508 g/mol. The van der Waals surface area contributed by atoms with E-state index in [0.29, 0.717) is 32.1 Å². The van der Waals surface area contributed by atoms with Crippen LogP contribution in [0.4, 0.5) is 0 Å². The van der Waals surface area contributed by atoms with E-state index in [1.165, 1.54) is 6.92 Å². The molecule has 38 heavy (non-hydrogen) atoms. The topological polar surface area (TPSA) is 177 Å². The Balaban J connectivity index is 1.83. The zero-order chi connectivity index (χ0) is 27.7. The summed E-state index contributed by atoms with van der Waals surface area (Å²) >= 11 is 0. The van der Waals surface area contributed by atoms with Gasteiger partial charge in [0.2, 0.25) is 21.8 Å². The molecule has 5 atom stereocenters. The van der Waals surface area contributed by atoms with Crippen LogP contribution in [0.2, 0.25) is 0 Å². The summed E-state index contributed by atoms with van der Waals surface area (Å²) in [5.74, 6) is -0.856. The molecule has 2 amide bonds. The van der Waals surface area contributed by atoms with Crippen molar-refractivity contribution in [1.82, 2.24) is 14.9 Å². The van der Waals surface area contributed by atoms with Crippen molar-refractivity contribution in [2.45, 2.75) is 82.5 Å². The Bertz CT molecular complexity index is 1090. The third-order valence-corrected chi connectivity index (χ3v) is 8.79. The summed E-state index contributed by atoms with van der Waals surface area (Å²) in [4.78, 5) is 44.7. The molecule has 12 heteroatoms. The number of likely N-dealkylation sites (tertiary alicyclic amines) is 1. The van der Waals surface area contributed by atoms with Crippen molar-refractivity contribution in [3.8, 4) is 0 Å². The zero-order valence-corrected chi connectivity index (χ0v) is 22.7. The zero-order valence-electron chi connectivity index (χ0n) is 21.9. The molecule has 1 saturated heterocycles. The summed E-state index contributed by atoms with van der Waals surface area (Å²) in [5.41, 5.74) is 11.5. The molecule has 0 bridgehead atoms.